The zero-order valence-electron chi connectivity index (χ0n) is 10.5. The fourth-order valence-electron chi connectivity index (χ4n) is 1.68. The van der Waals surface area contributed by atoms with Crippen LogP contribution in [-0.4, -0.2) is 17.0 Å². The second-order valence-electron chi connectivity index (χ2n) is 3.88. The third-order valence-corrected chi connectivity index (χ3v) is 4.15. The summed E-state index contributed by atoms with van der Waals surface area (Å²) in [5.41, 5.74) is 1.67. The molecule has 1 heterocycles. The maximum atomic E-state index is 13.1. The summed E-state index contributed by atoms with van der Waals surface area (Å²) in [6, 6.07) is 4.48. The van der Waals surface area contributed by atoms with Crippen molar-refractivity contribution < 1.29 is 4.39 Å². The van der Waals surface area contributed by atoms with Crippen LogP contribution in [0.2, 0.25) is 0 Å². The Balaban J connectivity index is 2.62. The molecular formula is C13H12Br2FN3. The van der Waals surface area contributed by atoms with Crippen LogP contribution in [0.3, 0.4) is 0 Å². The molecule has 0 aliphatic carbocycles. The number of aromatic nitrogens is 2. The van der Waals surface area contributed by atoms with Gasteiger partial charge in [-0.1, -0.05) is 6.92 Å². The Morgan fingerprint density at radius 2 is 2.00 bits per heavy atom. The van der Waals surface area contributed by atoms with Crippen LogP contribution in [0.4, 0.5) is 10.2 Å². The summed E-state index contributed by atoms with van der Waals surface area (Å²) < 4.78 is 14.6. The lowest BCUT2D eigenvalue weighted by molar-refractivity contribution is 0.627. The highest BCUT2D eigenvalue weighted by Crippen LogP contribution is 2.31. The van der Waals surface area contributed by atoms with Crippen LogP contribution in [0.5, 0.6) is 0 Å². The number of hydrogen-bond donors (Lipinski definition) is 1. The Morgan fingerprint density at radius 1 is 1.26 bits per heavy atom. The number of benzene rings is 1. The van der Waals surface area contributed by atoms with E-state index in [0.29, 0.717) is 10.3 Å². The molecule has 1 aromatic heterocycles. The fraction of sp³-hybridized carbons (Fsp3) is 0.231. The first kappa shape index (κ1) is 14.4. The molecule has 0 bridgehead atoms. The molecular weight excluding hydrogens is 377 g/mol. The highest BCUT2D eigenvalue weighted by molar-refractivity contribution is 9.11. The summed E-state index contributed by atoms with van der Waals surface area (Å²) in [4.78, 5) is 8.95. The number of aryl methyl sites for hydroxylation is 1. The van der Waals surface area contributed by atoms with Gasteiger partial charge in [0.2, 0.25) is 0 Å². The third-order valence-electron chi connectivity index (χ3n) is 2.66. The minimum absolute atomic E-state index is 0.294. The standard InChI is InChI=1S/C13H12Br2FN3/c1-3-10-11(15)13(17-2)19-12(18-10)8-5-4-7(16)6-9(8)14/h4-6H,3H2,1-2H3,(H,17,18,19). The summed E-state index contributed by atoms with van der Waals surface area (Å²) in [7, 11) is 1.80. The number of nitrogens with one attached hydrogen (secondary N) is 1. The maximum absolute atomic E-state index is 13.1. The van der Waals surface area contributed by atoms with E-state index in [-0.39, 0.29) is 5.82 Å². The Hall–Kier alpha value is -1.01. The van der Waals surface area contributed by atoms with Gasteiger partial charge >= 0.3 is 0 Å². The minimum atomic E-state index is -0.294. The average Bonchev–Trinajstić information content (AvgIpc) is 2.39. The summed E-state index contributed by atoms with van der Waals surface area (Å²) in [5.74, 6) is 0.992. The largest absolute Gasteiger partial charge is 0.372 e. The maximum Gasteiger partial charge on any atom is 0.162 e. The summed E-state index contributed by atoms with van der Waals surface area (Å²) in [6.07, 6.45) is 0.781. The monoisotopic (exact) mass is 387 g/mol. The van der Waals surface area contributed by atoms with Gasteiger partial charge in [-0.15, -0.1) is 0 Å². The highest BCUT2D eigenvalue weighted by Gasteiger charge is 2.13. The number of rotatable bonds is 3. The number of hydrogen-bond acceptors (Lipinski definition) is 3. The molecule has 0 spiro atoms. The van der Waals surface area contributed by atoms with Crippen molar-refractivity contribution in [1.82, 2.24) is 9.97 Å². The average molecular weight is 389 g/mol. The lowest BCUT2D eigenvalue weighted by Gasteiger charge is -2.11. The van der Waals surface area contributed by atoms with Crippen LogP contribution in [0.1, 0.15) is 12.6 Å². The van der Waals surface area contributed by atoms with Crippen molar-refractivity contribution in [1.29, 1.82) is 0 Å². The number of halogens is 3. The van der Waals surface area contributed by atoms with Crippen molar-refractivity contribution in [3.05, 3.63) is 38.7 Å². The van der Waals surface area contributed by atoms with E-state index in [0.717, 1.165) is 28.0 Å². The van der Waals surface area contributed by atoms with Gasteiger partial charge in [0.1, 0.15) is 11.6 Å². The van der Waals surface area contributed by atoms with Gasteiger partial charge in [0.15, 0.2) is 5.82 Å². The van der Waals surface area contributed by atoms with Crippen LogP contribution >= 0.6 is 31.9 Å². The zero-order chi connectivity index (χ0) is 14.0. The van der Waals surface area contributed by atoms with Crippen molar-refractivity contribution >= 4 is 37.7 Å². The minimum Gasteiger partial charge on any atom is -0.372 e. The van der Waals surface area contributed by atoms with Gasteiger partial charge in [-0.2, -0.15) is 0 Å². The smallest absolute Gasteiger partial charge is 0.162 e. The van der Waals surface area contributed by atoms with Gasteiger partial charge in [0.05, 0.1) is 10.2 Å². The zero-order valence-corrected chi connectivity index (χ0v) is 13.6. The third kappa shape index (κ3) is 2.95. The lowest BCUT2D eigenvalue weighted by Crippen LogP contribution is -2.03. The van der Waals surface area contributed by atoms with Crippen LogP contribution in [0, 0.1) is 5.82 Å². The first-order chi connectivity index (χ1) is 9.06. The lowest BCUT2D eigenvalue weighted by atomic mass is 10.2. The molecule has 0 saturated carbocycles. The molecule has 0 unspecified atom stereocenters. The second kappa shape index (κ2) is 5.96. The molecule has 1 N–H and O–H groups in total. The quantitative estimate of drug-likeness (QED) is 0.846. The summed E-state index contributed by atoms with van der Waals surface area (Å²) >= 11 is 6.82. The van der Waals surface area contributed by atoms with Crippen LogP contribution in [0.15, 0.2) is 27.1 Å². The molecule has 0 amide bonds. The van der Waals surface area contributed by atoms with Crippen molar-refractivity contribution in [2.75, 3.05) is 12.4 Å². The first-order valence-electron chi connectivity index (χ1n) is 5.76. The Kier molecular flexibility index (Phi) is 4.52. The molecule has 1 aromatic carbocycles. The molecule has 0 saturated heterocycles. The fourth-order valence-corrected chi connectivity index (χ4v) is 2.87. The molecule has 2 rings (SSSR count). The van der Waals surface area contributed by atoms with E-state index in [1.54, 1.807) is 13.1 Å². The molecule has 100 valence electrons. The number of anilines is 1. The van der Waals surface area contributed by atoms with E-state index in [1.165, 1.54) is 12.1 Å². The molecule has 0 aliphatic rings. The van der Waals surface area contributed by atoms with E-state index >= 15 is 0 Å². The van der Waals surface area contributed by atoms with Crippen LogP contribution in [0.25, 0.3) is 11.4 Å². The topological polar surface area (TPSA) is 37.8 Å². The second-order valence-corrected chi connectivity index (χ2v) is 5.53. The Labute approximate surface area is 127 Å². The van der Waals surface area contributed by atoms with Crippen molar-refractivity contribution in [2.45, 2.75) is 13.3 Å². The molecule has 0 radical (unpaired) electrons. The van der Waals surface area contributed by atoms with E-state index in [9.17, 15) is 4.39 Å². The van der Waals surface area contributed by atoms with Gasteiger partial charge < -0.3 is 5.32 Å². The predicted molar refractivity (Wildman–Crippen MR) is 81.8 cm³/mol. The van der Waals surface area contributed by atoms with Crippen molar-refractivity contribution in [3.8, 4) is 11.4 Å². The number of nitrogens with zero attached hydrogens (tertiary/aromatic N) is 2. The van der Waals surface area contributed by atoms with E-state index in [1.807, 2.05) is 6.92 Å². The Bertz CT molecular complexity index is 592. The Morgan fingerprint density at radius 3 is 2.58 bits per heavy atom. The first-order valence-corrected chi connectivity index (χ1v) is 7.35. The SMILES string of the molecule is CCc1nc(-c2ccc(F)cc2Br)nc(NC)c1Br. The summed E-state index contributed by atoms with van der Waals surface area (Å²) in [6.45, 7) is 2.02. The van der Waals surface area contributed by atoms with Gasteiger partial charge in [0, 0.05) is 17.1 Å². The van der Waals surface area contributed by atoms with E-state index in [4.69, 9.17) is 0 Å². The van der Waals surface area contributed by atoms with Crippen LogP contribution in [-0.2, 0) is 6.42 Å². The molecule has 3 nitrogen and oxygen atoms in total. The van der Waals surface area contributed by atoms with E-state index < -0.39 is 0 Å². The van der Waals surface area contributed by atoms with Crippen molar-refractivity contribution in [2.24, 2.45) is 0 Å². The molecule has 0 aliphatic heterocycles. The normalized spacial score (nSPS) is 10.6. The molecule has 19 heavy (non-hydrogen) atoms. The molecule has 6 heteroatoms. The van der Waals surface area contributed by atoms with Gasteiger partial charge in [-0.05, 0) is 56.5 Å². The highest BCUT2D eigenvalue weighted by atomic mass is 79.9. The molecule has 0 fully saturated rings. The molecule has 2 aromatic rings. The predicted octanol–water partition coefficient (Wildman–Crippen LogP) is 4.41. The van der Waals surface area contributed by atoms with Crippen molar-refractivity contribution in [3.63, 3.8) is 0 Å². The van der Waals surface area contributed by atoms with Gasteiger partial charge in [-0.25, -0.2) is 14.4 Å². The van der Waals surface area contributed by atoms with Gasteiger partial charge in [0.25, 0.3) is 0 Å². The summed E-state index contributed by atoms with van der Waals surface area (Å²) in [5, 5.41) is 3.02. The van der Waals surface area contributed by atoms with Crippen LogP contribution < -0.4 is 5.32 Å². The van der Waals surface area contributed by atoms with E-state index in [2.05, 4.69) is 47.1 Å². The molecule has 0 atom stereocenters. The van der Waals surface area contributed by atoms with Gasteiger partial charge in [-0.3, -0.25) is 0 Å².